The number of thioether (sulfide) groups is 1. The van der Waals surface area contributed by atoms with Gasteiger partial charge in [0.1, 0.15) is 16.2 Å². The Balaban J connectivity index is 2.25. The van der Waals surface area contributed by atoms with Crippen molar-refractivity contribution in [2.24, 2.45) is 0 Å². The van der Waals surface area contributed by atoms with Crippen LogP contribution >= 0.6 is 24.0 Å². The highest BCUT2D eigenvalue weighted by Crippen LogP contribution is 2.34. The Morgan fingerprint density at radius 2 is 2.05 bits per heavy atom. The summed E-state index contributed by atoms with van der Waals surface area (Å²) in [6.45, 7) is 1.55. The van der Waals surface area contributed by atoms with E-state index < -0.39 is 12.0 Å². The van der Waals surface area contributed by atoms with Crippen molar-refractivity contribution in [3.63, 3.8) is 0 Å². The summed E-state index contributed by atoms with van der Waals surface area (Å²) in [5.41, 5.74) is 0.683. The van der Waals surface area contributed by atoms with Crippen LogP contribution in [0.4, 0.5) is 4.39 Å². The number of carbonyl (C=O) groups excluding carboxylic acids is 2. The lowest BCUT2D eigenvalue weighted by molar-refractivity contribution is -0.147. The van der Waals surface area contributed by atoms with Crippen LogP contribution in [0.25, 0.3) is 6.08 Å². The molecular weight excluding hydrogens is 313 g/mol. The van der Waals surface area contributed by atoms with Gasteiger partial charge in [-0.3, -0.25) is 9.69 Å². The molecule has 1 saturated heterocycles. The number of hydrogen-bond donors (Lipinski definition) is 0. The maximum atomic E-state index is 12.9. The molecule has 0 saturated carbocycles. The van der Waals surface area contributed by atoms with E-state index >= 15 is 0 Å². The predicted octanol–water partition coefficient (Wildman–Crippen LogP) is 2.59. The average Bonchev–Trinajstić information content (AvgIpc) is 2.74. The zero-order valence-corrected chi connectivity index (χ0v) is 13.0. The Hall–Kier alpha value is -1.73. The summed E-state index contributed by atoms with van der Waals surface area (Å²) in [5, 5.41) is 0. The number of benzene rings is 1. The molecule has 0 aliphatic carbocycles. The zero-order valence-electron chi connectivity index (χ0n) is 11.3. The van der Waals surface area contributed by atoms with Gasteiger partial charge in [-0.25, -0.2) is 9.18 Å². The Morgan fingerprint density at radius 3 is 2.62 bits per heavy atom. The molecule has 2 rings (SSSR count). The fourth-order valence-electron chi connectivity index (χ4n) is 1.80. The van der Waals surface area contributed by atoms with E-state index in [1.54, 1.807) is 25.1 Å². The number of esters is 1. The number of hydrogen-bond acceptors (Lipinski definition) is 5. The molecule has 1 aromatic rings. The van der Waals surface area contributed by atoms with E-state index in [4.69, 9.17) is 12.2 Å². The van der Waals surface area contributed by atoms with Crippen LogP contribution in [0.5, 0.6) is 0 Å². The zero-order chi connectivity index (χ0) is 15.6. The topological polar surface area (TPSA) is 46.6 Å². The quantitative estimate of drug-likeness (QED) is 0.486. The Morgan fingerprint density at radius 1 is 1.43 bits per heavy atom. The maximum absolute atomic E-state index is 12.9. The highest BCUT2D eigenvalue weighted by molar-refractivity contribution is 8.26. The minimum atomic E-state index is -0.776. The number of carbonyl (C=O) groups is 2. The molecule has 0 N–H and O–H groups in total. The van der Waals surface area contributed by atoms with Gasteiger partial charge >= 0.3 is 5.97 Å². The molecule has 1 heterocycles. The first-order valence-electron chi connectivity index (χ1n) is 6.04. The molecule has 0 aromatic heterocycles. The largest absolute Gasteiger partial charge is 0.467 e. The lowest BCUT2D eigenvalue weighted by Crippen LogP contribution is -2.42. The summed E-state index contributed by atoms with van der Waals surface area (Å²) < 4.78 is 17.8. The monoisotopic (exact) mass is 325 g/mol. The van der Waals surface area contributed by atoms with Gasteiger partial charge in [-0.15, -0.1) is 0 Å². The molecule has 7 heteroatoms. The van der Waals surface area contributed by atoms with E-state index in [0.717, 1.165) is 11.8 Å². The molecule has 0 spiro atoms. The molecule has 1 amide bonds. The van der Waals surface area contributed by atoms with Crippen LogP contribution in [0.2, 0.25) is 0 Å². The highest BCUT2D eigenvalue weighted by Gasteiger charge is 2.38. The standard InChI is InChI=1S/C14H12FNO3S2/c1-8(13(18)19-2)16-12(17)11(21-14(16)20)7-9-3-5-10(15)6-4-9/h3-8H,1-2H3/b11-7-/t8-/m1/s1. The second-order valence-corrected chi connectivity index (χ2v) is 5.98. The first kappa shape index (κ1) is 15.7. The number of ether oxygens (including phenoxy) is 1. The smallest absolute Gasteiger partial charge is 0.328 e. The first-order chi connectivity index (χ1) is 9.93. The first-order valence-corrected chi connectivity index (χ1v) is 7.27. The van der Waals surface area contributed by atoms with E-state index in [9.17, 15) is 14.0 Å². The van der Waals surface area contributed by atoms with Crippen LogP contribution in [-0.4, -0.2) is 34.2 Å². The summed E-state index contributed by atoms with van der Waals surface area (Å²) in [4.78, 5) is 25.5. The van der Waals surface area contributed by atoms with Gasteiger partial charge in [-0.1, -0.05) is 36.1 Å². The van der Waals surface area contributed by atoms with Gasteiger partial charge in [0.25, 0.3) is 5.91 Å². The SMILES string of the molecule is COC(=O)[C@@H](C)N1C(=O)/C(=C/c2ccc(F)cc2)SC1=S. The molecule has 1 fully saturated rings. The van der Waals surface area contributed by atoms with Crippen molar-refractivity contribution in [3.8, 4) is 0 Å². The van der Waals surface area contributed by atoms with E-state index in [-0.39, 0.29) is 11.7 Å². The Labute approximate surface area is 130 Å². The number of nitrogens with zero attached hydrogens (tertiary/aromatic N) is 1. The molecular formula is C14H12FNO3S2. The summed E-state index contributed by atoms with van der Waals surface area (Å²) in [7, 11) is 1.25. The fourth-order valence-corrected chi connectivity index (χ4v) is 3.22. The van der Waals surface area contributed by atoms with Crippen LogP contribution in [0.3, 0.4) is 0 Å². The maximum Gasteiger partial charge on any atom is 0.328 e. The van der Waals surface area contributed by atoms with E-state index in [1.165, 1.54) is 24.1 Å². The molecule has 110 valence electrons. The lowest BCUT2D eigenvalue weighted by atomic mass is 10.2. The van der Waals surface area contributed by atoms with Gasteiger partial charge in [0.15, 0.2) is 0 Å². The number of amides is 1. The van der Waals surface area contributed by atoms with Gasteiger partial charge < -0.3 is 4.74 Å². The predicted molar refractivity (Wildman–Crippen MR) is 82.9 cm³/mol. The summed E-state index contributed by atoms with van der Waals surface area (Å²) in [5.74, 6) is -1.24. The van der Waals surface area contributed by atoms with Crippen molar-refractivity contribution in [1.82, 2.24) is 4.90 Å². The molecule has 1 aliphatic heterocycles. The van der Waals surface area contributed by atoms with Crippen molar-refractivity contribution in [3.05, 3.63) is 40.6 Å². The Bertz CT molecular complexity index is 628. The molecule has 0 unspecified atom stereocenters. The van der Waals surface area contributed by atoms with Crippen LogP contribution in [0, 0.1) is 5.82 Å². The Kier molecular flexibility index (Phi) is 4.74. The van der Waals surface area contributed by atoms with Gasteiger partial charge in [-0.05, 0) is 30.7 Å². The molecule has 4 nitrogen and oxygen atoms in total. The molecule has 1 aliphatic rings. The van der Waals surface area contributed by atoms with Gasteiger partial charge in [0.2, 0.25) is 0 Å². The average molecular weight is 325 g/mol. The van der Waals surface area contributed by atoms with Gasteiger partial charge in [-0.2, -0.15) is 0 Å². The van der Waals surface area contributed by atoms with Crippen molar-refractivity contribution in [2.45, 2.75) is 13.0 Å². The summed E-state index contributed by atoms with van der Waals surface area (Å²) in [6, 6.07) is 4.96. The summed E-state index contributed by atoms with van der Waals surface area (Å²) >= 11 is 6.24. The molecule has 1 aromatic carbocycles. The number of rotatable bonds is 3. The molecule has 0 radical (unpaired) electrons. The minimum Gasteiger partial charge on any atom is -0.467 e. The lowest BCUT2D eigenvalue weighted by Gasteiger charge is -2.20. The van der Waals surface area contributed by atoms with Crippen LogP contribution in [0.15, 0.2) is 29.2 Å². The van der Waals surface area contributed by atoms with E-state index in [2.05, 4.69) is 4.74 Å². The van der Waals surface area contributed by atoms with Gasteiger partial charge in [0.05, 0.1) is 12.0 Å². The summed E-state index contributed by atoms with van der Waals surface area (Å²) in [6.07, 6.45) is 1.61. The van der Waals surface area contributed by atoms with Crippen molar-refractivity contribution in [1.29, 1.82) is 0 Å². The normalized spacial score (nSPS) is 18.2. The third-order valence-electron chi connectivity index (χ3n) is 2.92. The molecule has 21 heavy (non-hydrogen) atoms. The van der Waals surface area contributed by atoms with E-state index in [0.29, 0.717) is 14.8 Å². The van der Waals surface area contributed by atoms with Gasteiger partial charge in [0, 0.05) is 0 Å². The number of halogens is 1. The second kappa shape index (κ2) is 6.36. The third kappa shape index (κ3) is 3.30. The molecule has 1 atom stereocenters. The van der Waals surface area contributed by atoms with Crippen molar-refractivity contribution in [2.75, 3.05) is 7.11 Å². The third-order valence-corrected chi connectivity index (χ3v) is 4.25. The molecule has 0 bridgehead atoms. The number of thiocarbonyl (C=S) groups is 1. The van der Waals surface area contributed by atoms with Crippen molar-refractivity contribution < 1.29 is 18.7 Å². The van der Waals surface area contributed by atoms with Crippen molar-refractivity contribution >= 4 is 46.3 Å². The second-order valence-electron chi connectivity index (χ2n) is 4.30. The van der Waals surface area contributed by atoms with Crippen LogP contribution < -0.4 is 0 Å². The minimum absolute atomic E-state index is 0.297. The van der Waals surface area contributed by atoms with Crippen LogP contribution in [0.1, 0.15) is 12.5 Å². The fraction of sp³-hybridized carbons (Fsp3) is 0.214. The highest BCUT2D eigenvalue weighted by atomic mass is 32.2. The van der Waals surface area contributed by atoms with E-state index in [1.807, 2.05) is 0 Å². The van der Waals surface area contributed by atoms with Crippen LogP contribution in [-0.2, 0) is 14.3 Å². The number of methoxy groups -OCH3 is 1.